The number of fused-ring (bicyclic) bond motifs is 5. The van der Waals surface area contributed by atoms with Crippen LogP contribution < -0.4 is 16.2 Å². The summed E-state index contributed by atoms with van der Waals surface area (Å²) in [5.41, 5.74) is 13.9. The molecule has 0 saturated carbocycles. The summed E-state index contributed by atoms with van der Waals surface area (Å²) in [7, 11) is 0. The summed E-state index contributed by atoms with van der Waals surface area (Å²) >= 11 is 0. The highest BCUT2D eigenvalue weighted by Gasteiger charge is 2.16. The van der Waals surface area contributed by atoms with E-state index in [2.05, 4.69) is 42.5 Å². The average molecular weight is 505 g/mol. The lowest BCUT2D eigenvalue weighted by Crippen LogP contribution is -2.36. The number of unbranched alkanes of at least 4 members (excludes halogenated alkanes) is 3. The van der Waals surface area contributed by atoms with Crippen LogP contribution in [0, 0.1) is 0 Å². The van der Waals surface area contributed by atoms with Crippen molar-refractivity contribution in [3.05, 3.63) is 59.7 Å². The summed E-state index contributed by atoms with van der Waals surface area (Å²) in [5, 5.41) is 4.79. The number of carbonyl (C=O) groups is 1. The zero-order valence-corrected chi connectivity index (χ0v) is 21.1. The van der Waals surface area contributed by atoms with Crippen molar-refractivity contribution in [3.8, 4) is 5.75 Å². The molecule has 0 heterocycles. The van der Waals surface area contributed by atoms with Crippen molar-refractivity contribution in [1.29, 1.82) is 0 Å². The quantitative estimate of drug-likeness (QED) is 0.259. The highest BCUT2D eigenvalue weighted by atomic mass is 35.5. The molecule has 5 nitrogen and oxygen atoms in total. The van der Waals surface area contributed by atoms with E-state index in [4.69, 9.17) is 16.2 Å². The lowest BCUT2D eigenvalue weighted by atomic mass is 9.96. The van der Waals surface area contributed by atoms with E-state index in [0.29, 0.717) is 25.4 Å². The van der Waals surface area contributed by atoms with Crippen LogP contribution in [-0.2, 0) is 6.42 Å². The zero-order chi connectivity index (χ0) is 22.3. The fourth-order valence-corrected chi connectivity index (χ4v) is 4.50. The van der Waals surface area contributed by atoms with E-state index in [1.807, 2.05) is 12.1 Å². The molecular formula is C27H35Cl2N3O2. The number of hydrogen-bond donors (Lipinski definition) is 2. The van der Waals surface area contributed by atoms with Gasteiger partial charge in [0.1, 0.15) is 5.75 Å². The molecule has 0 aliphatic heterocycles. The van der Waals surface area contributed by atoms with Crippen molar-refractivity contribution in [1.82, 2.24) is 4.90 Å². The number of allylic oxidation sites excluding steroid dienone is 1. The third-order valence-corrected chi connectivity index (χ3v) is 6.23. The van der Waals surface area contributed by atoms with Gasteiger partial charge in [0.05, 0.1) is 0 Å². The molecule has 3 aromatic carbocycles. The minimum absolute atomic E-state index is 0. The molecule has 0 saturated heterocycles. The molecule has 0 aromatic heterocycles. The fourth-order valence-electron chi connectivity index (χ4n) is 4.50. The van der Waals surface area contributed by atoms with Crippen molar-refractivity contribution < 1.29 is 9.53 Å². The van der Waals surface area contributed by atoms with Gasteiger partial charge in [-0.3, -0.25) is 0 Å². The molecule has 34 heavy (non-hydrogen) atoms. The van der Waals surface area contributed by atoms with Gasteiger partial charge in [-0.05, 0) is 83.6 Å². The topological polar surface area (TPSA) is 81.6 Å². The van der Waals surface area contributed by atoms with Gasteiger partial charge < -0.3 is 21.1 Å². The fraction of sp³-hybridized carbons (Fsp3) is 0.370. The number of benzene rings is 3. The maximum atomic E-state index is 12.9. The van der Waals surface area contributed by atoms with Crippen LogP contribution in [0.25, 0.3) is 27.6 Å². The van der Waals surface area contributed by atoms with E-state index in [1.165, 1.54) is 27.3 Å². The maximum Gasteiger partial charge on any atom is 0.415 e. The highest BCUT2D eigenvalue weighted by molar-refractivity contribution is 6.10. The zero-order valence-electron chi connectivity index (χ0n) is 19.5. The van der Waals surface area contributed by atoms with Gasteiger partial charge >= 0.3 is 6.09 Å². The Hall–Kier alpha value is -2.31. The number of ether oxygens (including phenoxy) is 1. The first-order valence-corrected chi connectivity index (χ1v) is 11.7. The summed E-state index contributed by atoms with van der Waals surface area (Å²) in [6.45, 7) is 2.57. The van der Waals surface area contributed by atoms with Gasteiger partial charge in [0.25, 0.3) is 0 Å². The van der Waals surface area contributed by atoms with E-state index >= 15 is 0 Å². The summed E-state index contributed by atoms with van der Waals surface area (Å²) in [5.74, 6) is 0.575. The minimum atomic E-state index is -0.304. The van der Waals surface area contributed by atoms with E-state index in [1.54, 1.807) is 4.90 Å². The number of nitrogens with two attached hydrogens (primary N) is 2. The van der Waals surface area contributed by atoms with Gasteiger partial charge in [-0.25, -0.2) is 4.79 Å². The van der Waals surface area contributed by atoms with E-state index in [-0.39, 0.29) is 30.9 Å². The predicted octanol–water partition coefficient (Wildman–Crippen LogP) is 6.07. The molecule has 0 bridgehead atoms. The van der Waals surface area contributed by atoms with Crippen molar-refractivity contribution in [2.75, 3.05) is 26.2 Å². The van der Waals surface area contributed by atoms with Gasteiger partial charge in [-0.1, -0.05) is 55.3 Å². The van der Waals surface area contributed by atoms with Gasteiger partial charge in [0, 0.05) is 13.1 Å². The third-order valence-electron chi connectivity index (χ3n) is 6.23. The Labute approximate surface area is 214 Å². The van der Waals surface area contributed by atoms with Crippen molar-refractivity contribution in [3.63, 3.8) is 0 Å². The molecule has 0 unspecified atom stereocenters. The Balaban J connectivity index is 0.00000204. The smallest absolute Gasteiger partial charge is 0.410 e. The minimum Gasteiger partial charge on any atom is -0.410 e. The van der Waals surface area contributed by atoms with Crippen LogP contribution in [0.5, 0.6) is 5.75 Å². The molecule has 4 N–H and O–H groups in total. The molecule has 1 aliphatic carbocycles. The first-order chi connectivity index (χ1) is 15.7. The molecular weight excluding hydrogens is 469 g/mol. The van der Waals surface area contributed by atoms with Crippen molar-refractivity contribution in [2.45, 2.75) is 38.5 Å². The number of nitrogens with zero attached hydrogens (tertiary/aromatic N) is 1. The lowest BCUT2D eigenvalue weighted by Gasteiger charge is -2.22. The third kappa shape index (κ3) is 6.42. The van der Waals surface area contributed by atoms with Gasteiger partial charge in [0.15, 0.2) is 0 Å². The van der Waals surface area contributed by atoms with Crippen LogP contribution >= 0.6 is 24.8 Å². The Morgan fingerprint density at radius 1 is 0.824 bits per heavy atom. The lowest BCUT2D eigenvalue weighted by molar-refractivity contribution is 0.151. The molecule has 1 amide bonds. The maximum absolute atomic E-state index is 12.9. The van der Waals surface area contributed by atoms with Crippen LogP contribution in [-0.4, -0.2) is 37.2 Å². The Kier molecular flexibility index (Phi) is 11.1. The van der Waals surface area contributed by atoms with Crippen LogP contribution in [0.4, 0.5) is 4.79 Å². The van der Waals surface area contributed by atoms with Crippen molar-refractivity contribution >= 4 is 58.5 Å². The van der Waals surface area contributed by atoms with Crippen LogP contribution in [0.2, 0.25) is 0 Å². The molecule has 4 rings (SSSR count). The second-order valence-corrected chi connectivity index (χ2v) is 8.48. The Morgan fingerprint density at radius 2 is 1.53 bits per heavy atom. The van der Waals surface area contributed by atoms with E-state index in [0.717, 1.165) is 50.5 Å². The number of hydrogen-bond acceptors (Lipinski definition) is 4. The Morgan fingerprint density at radius 3 is 2.32 bits per heavy atom. The first kappa shape index (κ1) is 27.9. The molecule has 0 fully saturated rings. The highest BCUT2D eigenvalue weighted by Crippen LogP contribution is 2.34. The largest absolute Gasteiger partial charge is 0.415 e. The van der Waals surface area contributed by atoms with Crippen LogP contribution in [0.3, 0.4) is 0 Å². The average Bonchev–Trinajstić information content (AvgIpc) is 3.29. The molecule has 3 aromatic rings. The number of halogens is 2. The second-order valence-electron chi connectivity index (χ2n) is 8.48. The molecule has 184 valence electrons. The number of rotatable bonds is 10. The van der Waals surface area contributed by atoms with Crippen LogP contribution in [0.1, 0.15) is 43.2 Å². The predicted molar refractivity (Wildman–Crippen MR) is 147 cm³/mol. The molecule has 0 spiro atoms. The van der Waals surface area contributed by atoms with E-state index < -0.39 is 0 Å². The molecule has 1 aliphatic rings. The summed E-state index contributed by atoms with van der Waals surface area (Å²) in [6.07, 6.45) is 9.98. The summed E-state index contributed by atoms with van der Waals surface area (Å²) in [6, 6.07) is 14.6. The van der Waals surface area contributed by atoms with E-state index in [9.17, 15) is 4.79 Å². The van der Waals surface area contributed by atoms with Gasteiger partial charge in [-0.15, -0.1) is 24.8 Å². The number of amides is 1. The number of carbonyl (C=O) groups excluding carboxylic acids is 1. The van der Waals surface area contributed by atoms with Crippen LogP contribution in [0.15, 0.2) is 48.5 Å². The Bertz CT molecular complexity index is 1130. The summed E-state index contributed by atoms with van der Waals surface area (Å²) in [4.78, 5) is 14.6. The second kappa shape index (κ2) is 13.5. The molecule has 7 heteroatoms. The molecule has 0 radical (unpaired) electrons. The summed E-state index contributed by atoms with van der Waals surface area (Å²) < 4.78 is 5.76. The standard InChI is InChI=1S/C27H33N3O2.2ClH/c28-15-3-1-2-4-17-30(18-6-16-29)27(31)32-22-11-14-24-21(19-22)10-13-25-23-8-5-7-20(23)9-12-26(24)25;;/h5,7,9-14,19H,1-4,6,8,15-18,28-29H2;2*1H. The first-order valence-electron chi connectivity index (χ1n) is 11.7. The van der Waals surface area contributed by atoms with Gasteiger partial charge in [0.2, 0.25) is 0 Å². The SMILES string of the molecule is Cl.Cl.NCCCCCCN(CCCN)C(=O)Oc1ccc2c(ccc3c4c(ccc32)C=CC4)c1. The molecule has 0 atom stereocenters. The van der Waals surface area contributed by atoms with Gasteiger partial charge in [-0.2, -0.15) is 0 Å². The van der Waals surface area contributed by atoms with Crippen molar-refractivity contribution in [2.24, 2.45) is 11.5 Å². The monoisotopic (exact) mass is 503 g/mol. The normalized spacial score (nSPS) is 11.7.